The fourth-order valence-electron chi connectivity index (χ4n) is 0. The minimum atomic E-state index is 0. The molecule has 0 saturated carbocycles. The van der Waals surface area contributed by atoms with E-state index in [1.54, 1.807) is 0 Å². The van der Waals surface area contributed by atoms with Gasteiger partial charge in [0.15, 0.2) is 17.4 Å². The summed E-state index contributed by atoms with van der Waals surface area (Å²) in [6, 6.07) is 0. The third-order valence-corrected chi connectivity index (χ3v) is 0. The van der Waals surface area contributed by atoms with Crippen molar-refractivity contribution < 1.29 is 54.1 Å². The molecular formula is H5AlP2Zn3. The van der Waals surface area contributed by atoms with Crippen molar-refractivity contribution in [1.82, 2.24) is 0 Å². The van der Waals surface area contributed by atoms with Gasteiger partial charge in [0.05, 0.1) is 0 Å². The van der Waals surface area contributed by atoms with Crippen molar-refractivity contribution in [1.29, 1.82) is 0 Å². The molecule has 0 saturated heterocycles. The zero-order valence-electron chi connectivity index (χ0n) is 3.12. The van der Waals surface area contributed by atoms with Crippen molar-refractivity contribution in [3.8, 4) is 0 Å². The largest absolute Gasteiger partial charge is 0 e. The monoisotopic (exact) mass is 286 g/mol. The molecule has 0 aromatic rings. The Morgan fingerprint density at radius 2 is 0.833 bits per heavy atom. The Bertz CT molecular complexity index is 10.8. The molecule has 6 heteroatoms. The summed E-state index contributed by atoms with van der Waals surface area (Å²) in [5, 5.41) is 0. The van der Waals surface area contributed by atoms with Gasteiger partial charge in [-0.15, -0.1) is 0 Å². The second kappa shape index (κ2) is 43.5. The Labute approximate surface area is 84.5 Å². The molecular weight excluding hydrogens is 285 g/mol. The van der Waals surface area contributed by atoms with E-state index in [2.05, 4.69) is 14.2 Å². The van der Waals surface area contributed by atoms with Crippen LogP contribution in [0, 0.1) is 0 Å². The molecule has 0 aromatic heterocycles. The van der Waals surface area contributed by atoms with Crippen molar-refractivity contribution in [2.24, 2.45) is 0 Å². The molecule has 0 nitrogen and oxygen atoms in total. The van der Waals surface area contributed by atoms with Crippen molar-refractivity contribution >= 4 is 31.6 Å². The first-order valence-corrected chi connectivity index (χ1v) is 11.0. The van der Waals surface area contributed by atoms with Crippen LogP contribution in [-0.4, -0.2) is 17.4 Å². The number of hydrogen-bond acceptors (Lipinski definition) is 0. The molecule has 0 aromatic carbocycles. The zero-order chi connectivity index (χ0) is 4.00. The van der Waals surface area contributed by atoms with Crippen LogP contribution < -0.4 is 0 Å². The predicted molar refractivity (Wildman–Crippen MR) is 26.6 cm³/mol. The van der Waals surface area contributed by atoms with Gasteiger partial charge in [-0.3, -0.25) is 0 Å². The van der Waals surface area contributed by atoms with Gasteiger partial charge in [0, 0.05) is 19.5 Å². The van der Waals surface area contributed by atoms with Gasteiger partial charge >= 0.3 is 48.9 Å². The molecule has 0 aliphatic heterocycles. The van der Waals surface area contributed by atoms with Crippen molar-refractivity contribution in [3.05, 3.63) is 0 Å². The van der Waals surface area contributed by atoms with Gasteiger partial charge in [0.2, 0.25) is 0 Å². The summed E-state index contributed by atoms with van der Waals surface area (Å²) in [5.41, 5.74) is 0. The van der Waals surface area contributed by atoms with Gasteiger partial charge < -0.3 is 0 Å². The average molecular weight is 290 g/mol. The summed E-state index contributed by atoms with van der Waals surface area (Å²) >= 11 is 2.36. The third kappa shape index (κ3) is 28.0. The fourth-order valence-corrected chi connectivity index (χ4v) is 0. The molecule has 0 radical (unpaired) electrons. The second-order valence-electron chi connectivity index (χ2n) is 0. The molecule has 0 heterocycles. The van der Waals surface area contributed by atoms with Gasteiger partial charge in [0.1, 0.15) is 0 Å². The maximum atomic E-state index is 3.10. The quantitative estimate of drug-likeness (QED) is 0.435. The standard InChI is InChI=1S/Al.2HP.3Zn.3H/h;2*1H;;;;;;. The van der Waals surface area contributed by atoms with Crippen molar-refractivity contribution in [2.45, 2.75) is 0 Å². The molecule has 0 rings (SSSR count). The average Bonchev–Trinajstić information content (AvgIpc) is 1.50. The van der Waals surface area contributed by atoms with Crippen LogP contribution in [0.4, 0.5) is 0 Å². The normalized spacial score (nSPS) is 2.00. The van der Waals surface area contributed by atoms with Crippen LogP contribution in [0.3, 0.4) is 0 Å². The third-order valence-electron chi connectivity index (χ3n) is 0. The predicted octanol–water partition coefficient (Wildman–Crippen LogP) is -0.00440. The number of rotatable bonds is 0. The molecule has 0 bridgehead atoms. The van der Waals surface area contributed by atoms with Gasteiger partial charge in [-0.25, -0.2) is 0 Å². The Balaban J connectivity index is -0.00000000500. The van der Waals surface area contributed by atoms with Crippen LogP contribution in [0.5, 0.6) is 0 Å². The van der Waals surface area contributed by atoms with Crippen LogP contribution in [-0.2, 0) is 54.1 Å². The van der Waals surface area contributed by atoms with E-state index < -0.39 is 0 Å². The van der Waals surface area contributed by atoms with E-state index in [0.717, 1.165) is 0 Å². The minimum absolute atomic E-state index is 0. The number of hydrogen-bond donors (Lipinski definition) is 0. The summed E-state index contributed by atoms with van der Waals surface area (Å²) in [6.45, 7) is 0. The van der Waals surface area contributed by atoms with Crippen LogP contribution in [0.25, 0.3) is 0 Å². The zero-order valence-corrected chi connectivity index (χ0v) is 14.0. The molecule has 24 valence electrons. The molecule has 0 aliphatic rings. The molecule has 6 heavy (non-hydrogen) atoms. The van der Waals surface area contributed by atoms with Crippen LogP contribution in [0.1, 0.15) is 0 Å². The van der Waals surface area contributed by atoms with E-state index in [1.165, 1.54) is 34.7 Å². The molecule has 0 spiro atoms. The maximum Gasteiger partial charge on any atom is 0 e. The first-order valence-electron chi connectivity index (χ1n) is 0.707. The van der Waals surface area contributed by atoms with E-state index in [4.69, 9.17) is 0 Å². The van der Waals surface area contributed by atoms with Crippen LogP contribution >= 0.6 is 14.2 Å². The summed E-state index contributed by atoms with van der Waals surface area (Å²) in [6.07, 6.45) is 0. The van der Waals surface area contributed by atoms with E-state index in [-0.39, 0.29) is 36.8 Å². The smallest absolute Gasteiger partial charge is 0 e. The Hall–Kier alpha value is 3.00. The molecule has 0 aliphatic carbocycles. The molecule has 0 unspecified atom stereocenters. The van der Waals surface area contributed by atoms with E-state index in [1.807, 2.05) is 0 Å². The van der Waals surface area contributed by atoms with Gasteiger partial charge in [-0.05, 0) is 0 Å². The Kier molecular flexibility index (Phi) is 167. The van der Waals surface area contributed by atoms with Crippen molar-refractivity contribution in [3.63, 3.8) is 0 Å². The summed E-state index contributed by atoms with van der Waals surface area (Å²) in [5.74, 6) is 0. The summed E-state index contributed by atoms with van der Waals surface area (Å²) < 4.78 is 0. The summed E-state index contributed by atoms with van der Waals surface area (Å²) in [7, 11) is 6.19. The second-order valence-corrected chi connectivity index (χ2v) is 0. The van der Waals surface area contributed by atoms with E-state index in [0.29, 0.717) is 0 Å². The van der Waals surface area contributed by atoms with Gasteiger partial charge in [0.25, 0.3) is 0 Å². The van der Waals surface area contributed by atoms with E-state index in [9.17, 15) is 0 Å². The maximum absolute atomic E-state index is 3.10. The van der Waals surface area contributed by atoms with Gasteiger partial charge in [-0.2, -0.15) is 0 Å². The molecule has 0 amide bonds. The molecule has 0 atom stereocenters. The molecule has 0 fully saturated rings. The van der Waals surface area contributed by atoms with E-state index >= 15 is 0 Å². The Morgan fingerprint density at radius 1 is 0.833 bits per heavy atom. The van der Waals surface area contributed by atoms with Crippen molar-refractivity contribution in [2.75, 3.05) is 0 Å². The SMILES string of the molecule is [AlH3].[PH]=[Zn].[PH]=[Zn].[Zn]. The van der Waals surface area contributed by atoms with Gasteiger partial charge in [-0.1, -0.05) is 0 Å². The van der Waals surface area contributed by atoms with Crippen LogP contribution in [0.2, 0.25) is 0 Å². The summed E-state index contributed by atoms with van der Waals surface area (Å²) in [4.78, 5) is 0. The van der Waals surface area contributed by atoms with Crippen LogP contribution in [0.15, 0.2) is 0 Å². The Morgan fingerprint density at radius 3 is 0.833 bits per heavy atom. The minimum Gasteiger partial charge on any atom is 0 e. The first-order chi connectivity index (χ1) is 2.00. The molecule has 0 N–H and O–H groups in total. The first kappa shape index (κ1) is 23.0. The topological polar surface area (TPSA) is 0 Å². The fraction of sp³-hybridized carbons (Fsp3) is 0.